The van der Waals surface area contributed by atoms with Gasteiger partial charge in [0, 0.05) is 12.8 Å². The first-order valence-electron chi connectivity index (χ1n) is 7.47. The van der Waals surface area contributed by atoms with Crippen LogP contribution < -0.4 is 0 Å². The first-order valence-corrected chi connectivity index (χ1v) is 7.47. The van der Waals surface area contributed by atoms with Crippen molar-refractivity contribution in [3.05, 3.63) is 0 Å². The Hall–Kier alpha value is -0.970. The van der Waals surface area contributed by atoms with Gasteiger partial charge in [0.25, 0.3) is 0 Å². The lowest BCUT2D eigenvalue weighted by molar-refractivity contribution is -0.145. The van der Waals surface area contributed by atoms with E-state index in [1.807, 2.05) is 0 Å². The Morgan fingerprint density at radius 3 is 2.39 bits per heavy atom. The number of unbranched alkanes of at least 4 members (excludes halogenated alkanes) is 6. The molecule has 0 heterocycles. The van der Waals surface area contributed by atoms with Gasteiger partial charge in [-0.2, -0.15) is 0 Å². The highest BCUT2D eigenvalue weighted by Crippen LogP contribution is 2.30. The molecule has 18 heavy (non-hydrogen) atoms. The summed E-state index contributed by atoms with van der Waals surface area (Å²) < 4.78 is 5.18. The maximum atomic E-state index is 11.2. The fourth-order valence-corrected chi connectivity index (χ4v) is 1.85. The molecule has 0 spiro atoms. The molecule has 0 saturated heterocycles. The molecule has 0 aromatic carbocycles. The summed E-state index contributed by atoms with van der Waals surface area (Å²) in [6.45, 7) is 2.71. The zero-order chi connectivity index (χ0) is 13.1. The molecule has 1 fully saturated rings. The van der Waals surface area contributed by atoms with Crippen molar-refractivity contribution in [1.29, 1.82) is 0 Å². The van der Waals surface area contributed by atoms with Crippen molar-refractivity contribution < 1.29 is 9.53 Å². The third-order valence-electron chi connectivity index (χ3n) is 3.15. The molecular weight excluding hydrogens is 224 g/mol. The number of carbonyl (C=O) groups excluding carboxylic acids is 1. The largest absolute Gasteiger partial charge is 0.465 e. The van der Waals surface area contributed by atoms with Crippen LogP contribution in [0.5, 0.6) is 0 Å². The zero-order valence-corrected chi connectivity index (χ0v) is 11.7. The van der Waals surface area contributed by atoms with Crippen molar-refractivity contribution in [2.75, 3.05) is 6.61 Å². The molecular formula is C16H26O2. The predicted octanol–water partition coefficient (Wildman–Crippen LogP) is 4.08. The molecule has 1 rings (SSSR count). The molecule has 1 aliphatic rings. The van der Waals surface area contributed by atoms with Gasteiger partial charge in [0.05, 0.1) is 12.5 Å². The SMILES string of the molecule is CCC#CCCCCCCCCOC(=O)C1CC1. The van der Waals surface area contributed by atoms with Crippen LogP contribution >= 0.6 is 0 Å². The molecule has 2 heteroatoms. The van der Waals surface area contributed by atoms with Crippen molar-refractivity contribution in [3.8, 4) is 11.8 Å². The summed E-state index contributed by atoms with van der Waals surface area (Å²) in [5, 5.41) is 0. The van der Waals surface area contributed by atoms with E-state index in [0.717, 1.165) is 32.1 Å². The van der Waals surface area contributed by atoms with Crippen molar-refractivity contribution in [3.63, 3.8) is 0 Å². The molecule has 0 aromatic rings. The lowest BCUT2D eigenvalue weighted by Gasteiger charge is -2.03. The molecule has 2 nitrogen and oxygen atoms in total. The lowest BCUT2D eigenvalue weighted by Crippen LogP contribution is -2.07. The van der Waals surface area contributed by atoms with Crippen LogP contribution in [-0.2, 0) is 9.53 Å². The summed E-state index contributed by atoms with van der Waals surface area (Å²) in [7, 11) is 0. The van der Waals surface area contributed by atoms with Crippen LogP contribution in [0.1, 0.15) is 71.1 Å². The lowest BCUT2D eigenvalue weighted by atomic mass is 10.1. The topological polar surface area (TPSA) is 26.3 Å². The number of esters is 1. The zero-order valence-electron chi connectivity index (χ0n) is 11.7. The van der Waals surface area contributed by atoms with Crippen LogP contribution in [0, 0.1) is 17.8 Å². The molecule has 0 atom stereocenters. The van der Waals surface area contributed by atoms with Crippen molar-refractivity contribution in [1.82, 2.24) is 0 Å². The monoisotopic (exact) mass is 250 g/mol. The summed E-state index contributed by atoms with van der Waals surface area (Å²) in [5.41, 5.74) is 0. The van der Waals surface area contributed by atoms with E-state index in [9.17, 15) is 4.79 Å². The van der Waals surface area contributed by atoms with Gasteiger partial charge in [-0.15, -0.1) is 11.8 Å². The average molecular weight is 250 g/mol. The van der Waals surface area contributed by atoms with E-state index in [0.29, 0.717) is 6.61 Å². The summed E-state index contributed by atoms with van der Waals surface area (Å²) in [6, 6.07) is 0. The summed E-state index contributed by atoms with van der Waals surface area (Å²) in [5.74, 6) is 6.54. The number of ether oxygens (including phenoxy) is 1. The van der Waals surface area contributed by atoms with Gasteiger partial charge in [-0.3, -0.25) is 4.79 Å². The van der Waals surface area contributed by atoms with E-state index in [2.05, 4.69) is 18.8 Å². The van der Waals surface area contributed by atoms with E-state index >= 15 is 0 Å². The first-order chi connectivity index (χ1) is 8.84. The molecule has 0 N–H and O–H groups in total. The Morgan fingerprint density at radius 2 is 1.72 bits per heavy atom. The second-order valence-electron chi connectivity index (χ2n) is 5.02. The van der Waals surface area contributed by atoms with E-state index in [1.54, 1.807) is 0 Å². The highest BCUT2D eigenvalue weighted by Gasteiger charge is 2.30. The predicted molar refractivity (Wildman–Crippen MR) is 74.1 cm³/mol. The van der Waals surface area contributed by atoms with Crippen molar-refractivity contribution in [2.24, 2.45) is 5.92 Å². The van der Waals surface area contributed by atoms with Gasteiger partial charge in [-0.1, -0.05) is 32.6 Å². The molecule has 0 amide bonds. The summed E-state index contributed by atoms with van der Waals surface area (Å²) in [4.78, 5) is 11.2. The normalized spacial score (nSPS) is 13.8. The van der Waals surface area contributed by atoms with Crippen molar-refractivity contribution >= 4 is 5.97 Å². The van der Waals surface area contributed by atoms with Crippen LogP contribution in [0.4, 0.5) is 0 Å². The molecule has 0 unspecified atom stereocenters. The van der Waals surface area contributed by atoms with Gasteiger partial charge in [-0.25, -0.2) is 0 Å². The van der Waals surface area contributed by atoms with Gasteiger partial charge in [-0.05, 0) is 25.7 Å². The molecule has 0 aromatic heterocycles. The van der Waals surface area contributed by atoms with Gasteiger partial charge in [0.15, 0.2) is 0 Å². The van der Waals surface area contributed by atoms with E-state index in [1.165, 1.54) is 32.1 Å². The summed E-state index contributed by atoms with van der Waals surface area (Å²) >= 11 is 0. The first kappa shape index (κ1) is 15.1. The van der Waals surface area contributed by atoms with Crippen LogP contribution in [0.25, 0.3) is 0 Å². The smallest absolute Gasteiger partial charge is 0.308 e. The third-order valence-corrected chi connectivity index (χ3v) is 3.15. The fourth-order valence-electron chi connectivity index (χ4n) is 1.85. The van der Waals surface area contributed by atoms with Crippen LogP contribution in [-0.4, -0.2) is 12.6 Å². The van der Waals surface area contributed by atoms with Gasteiger partial charge in [0.1, 0.15) is 0 Å². The fraction of sp³-hybridized carbons (Fsp3) is 0.812. The molecule has 1 saturated carbocycles. The molecule has 0 radical (unpaired) electrons. The highest BCUT2D eigenvalue weighted by atomic mass is 16.5. The number of hydrogen-bond donors (Lipinski definition) is 0. The van der Waals surface area contributed by atoms with E-state index < -0.39 is 0 Å². The number of carbonyl (C=O) groups is 1. The minimum atomic E-state index is 0.0319. The Balaban J connectivity index is 1.74. The maximum Gasteiger partial charge on any atom is 0.308 e. The molecule has 102 valence electrons. The molecule has 0 bridgehead atoms. The van der Waals surface area contributed by atoms with E-state index in [-0.39, 0.29) is 11.9 Å². The standard InChI is InChI=1S/C16H26O2/c1-2-3-4-5-6-7-8-9-10-11-14-18-16(17)15-12-13-15/h15H,2,5-14H2,1H3. The second kappa shape index (κ2) is 10.00. The van der Waals surface area contributed by atoms with Gasteiger partial charge < -0.3 is 4.74 Å². The Labute approximate surface area is 111 Å². The Morgan fingerprint density at radius 1 is 1.06 bits per heavy atom. The van der Waals surface area contributed by atoms with Crippen LogP contribution in [0.2, 0.25) is 0 Å². The van der Waals surface area contributed by atoms with Crippen LogP contribution in [0.3, 0.4) is 0 Å². The highest BCUT2D eigenvalue weighted by molar-refractivity contribution is 5.74. The quantitative estimate of drug-likeness (QED) is 0.350. The van der Waals surface area contributed by atoms with E-state index in [4.69, 9.17) is 4.74 Å². The Bertz CT molecular complexity index is 281. The second-order valence-corrected chi connectivity index (χ2v) is 5.02. The van der Waals surface area contributed by atoms with Crippen molar-refractivity contribution in [2.45, 2.75) is 71.1 Å². The van der Waals surface area contributed by atoms with Gasteiger partial charge in [0.2, 0.25) is 0 Å². The number of rotatable bonds is 9. The minimum Gasteiger partial charge on any atom is -0.465 e. The molecule has 1 aliphatic carbocycles. The average Bonchev–Trinajstić information content (AvgIpc) is 3.20. The third kappa shape index (κ3) is 8.17. The Kier molecular flexibility index (Phi) is 8.38. The molecule has 0 aliphatic heterocycles. The van der Waals surface area contributed by atoms with Gasteiger partial charge >= 0.3 is 5.97 Å². The summed E-state index contributed by atoms with van der Waals surface area (Å²) in [6.07, 6.45) is 11.3. The number of hydrogen-bond acceptors (Lipinski definition) is 2. The van der Waals surface area contributed by atoms with Crippen LogP contribution in [0.15, 0.2) is 0 Å². The minimum absolute atomic E-state index is 0.0319. The maximum absolute atomic E-state index is 11.2.